The quantitative estimate of drug-likeness (QED) is 0.714. The monoisotopic (exact) mass is 219 g/mol. The fourth-order valence-electron chi connectivity index (χ4n) is 1.99. The van der Waals surface area contributed by atoms with E-state index in [-0.39, 0.29) is 6.04 Å². The minimum atomic E-state index is -0.199. The lowest BCUT2D eigenvalue weighted by Crippen LogP contribution is -2.45. The van der Waals surface area contributed by atoms with Gasteiger partial charge in [-0.05, 0) is 7.05 Å². The second-order valence-electron chi connectivity index (χ2n) is 4.33. The highest BCUT2D eigenvalue weighted by molar-refractivity contribution is 5.13. The number of aromatic nitrogens is 2. The van der Waals surface area contributed by atoms with Gasteiger partial charge in [-0.25, -0.2) is 4.98 Å². The summed E-state index contributed by atoms with van der Waals surface area (Å²) in [5.41, 5.74) is 0.856. The Hall–Kier alpha value is -1.38. The van der Waals surface area contributed by atoms with Crippen molar-refractivity contribution in [3.05, 3.63) is 18.2 Å². The number of hydrogen-bond acceptors (Lipinski definition) is 4. The highest BCUT2D eigenvalue weighted by atomic mass is 15.3. The SMILES string of the molecule is CN1CCN(C(C#N)c2cn(C)cn2)CC1. The van der Waals surface area contributed by atoms with Gasteiger partial charge in [0.2, 0.25) is 0 Å². The van der Waals surface area contributed by atoms with Gasteiger partial charge in [0.25, 0.3) is 0 Å². The molecule has 0 bridgehead atoms. The van der Waals surface area contributed by atoms with Crippen LogP contribution in [0.1, 0.15) is 11.7 Å². The zero-order valence-corrected chi connectivity index (χ0v) is 9.80. The summed E-state index contributed by atoms with van der Waals surface area (Å²) in [6.07, 6.45) is 3.67. The molecule has 0 saturated carbocycles. The van der Waals surface area contributed by atoms with Crippen molar-refractivity contribution >= 4 is 0 Å². The van der Waals surface area contributed by atoms with Crippen LogP contribution in [0.15, 0.2) is 12.5 Å². The Bertz CT molecular complexity index is 383. The summed E-state index contributed by atoms with van der Waals surface area (Å²) < 4.78 is 1.88. The Morgan fingerprint density at radius 3 is 2.50 bits per heavy atom. The van der Waals surface area contributed by atoms with E-state index in [0.29, 0.717) is 0 Å². The maximum atomic E-state index is 9.25. The van der Waals surface area contributed by atoms with Gasteiger partial charge in [0.05, 0.1) is 18.1 Å². The Kier molecular flexibility index (Phi) is 3.22. The molecule has 5 nitrogen and oxygen atoms in total. The topological polar surface area (TPSA) is 48.1 Å². The van der Waals surface area contributed by atoms with E-state index in [9.17, 15) is 5.26 Å². The van der Waals surface area contributed by atoms with Crippen LogP contribution in [0.5, 0.6) is 0 Å². The summed E-state index contributed by atoms with van der Waals surface area (Å²) in [5.74, 6) is 0. The molecule has 2 rings (SSSR count). The number of likely N-dealkylation sites (N-methyl/N-ethyl adjacent to an activating group) is 1. The predicted molar refractivity (Wildman–Crippen MR) is 60.6 cm³/mol. The molecule has 0 spiro atoms. The maximum absolute atomic E-state index is 9.25. The summed E-state index contributed by atoms with van der Waals surface area (Å²) in [7, 11) is 4.04. The number of imidazole rings is 1. The first-order valence-electron chi connectivity index (χ1n) is 5.51. The molecule has 0 N–H and O–H groups in total. The van der Waals surface area contributed by atoms with Crippen molar-refractivity contribution in [1.82, 2.24) is 19.4 Å². The zero-order valence-electron chi connectivity index (χ0n) is 9.80. The lowest BCUT2D eigenvalue weighted by Gasteiger charge is -2.34. The molecule has 86 valence electrons. The molecule has 1 aliphatic rings. The normalized spacial score (nSPS) is 20.6. The fraction of sp³-hybridized carbons (Fsp3) is 0.636. The average molecular weight is 219 g/mol. The van der Waals surface area contributed by atoms with Crippen molar-refractivity contribution in [2.45, 2.75) is 6.04 Å². The summed E-state index contributed by atoms with van der Waals surface area (Å²) in [6, 6.07) is 2.15. The van der Waals surface area contributed by atoms with Crippen molar-refractivity contribution in [3.63, 3.8) is 0 Å². The van der Waals surface area contributed by atoms with Crippen molar-refractivity contribution in [2.75, 3.05) is 33.2 Å². The highest BCUT2D eigenvalue weighted by Crippen LogP contribution is 2.19. The molecule has 1 aliphatic heterocycles. The molecule has 0 amide bonds. The molecule has 1 aromatic rings. The molecule has 1 atom stereocenters. The summed E-state index contributed by atoms with van der Waals surface area (Å²) in [6.45, 7) is 3.91. The molecule has 1 fully saturated rings. The first kappa shape index (κ1) is 11.1. The van der Waals surface area contributed by atoms with Crippen LogP contribution < -0.4 is 0 Å². The van der Waals surface area contributed by atoms with Crippen LogP contribution in [0.3, 0.4) is 0 Å². The van der Waals surface area contributed by atoms with Crippen molar-refractivity contribution in [2.24, 2.45) is 7.05 Å². The van der Waals surface area contributed by atoms with Crippen LogP contribution in [0, 0.1) is 11.3 Å². The highest BCUT2D eigenvalue weighted by Gasteiger charge is 2.24. The van der Waals surface area contributed by atoms with Crippen molar-refractivity contribution in [3.8, 4) is 6.07 Å². The van der Waals surface area contributed by atoms with Crippen molar-refractivity contribution in [1.29, 1.82) is 5.26 Å². The lowest BCUT2D eigenvalue weighted by atomic mass is 10.2. The van der Waals surface area contributed by atoms with Crippen LogP contribution in [0.4, 0.5) is 0 Å². The molecular formula is C11H17N5. The maximum Gasteiger partial charge on any atom is 0.142 e. The smallest absolute Gasteiger partial charge is 0.142 e. The van der Waals surface area contributed by atoms with E-state index in [1.54, 1.807) is 6.33 Å². The number of aryl methyl sites for hydroxylation is 1. The fourth-order valence-corrected chi connectivity index (χ4v) is 1.99. The van der Waals surface area contributed by atoms with Gasteiger partial charge in [0.1, 0.15) is 6.04 Å². The molecule has 0 radical (unpaired) electrons. The summed E-state index contributed by atoms with van der Waals surface area (Å²) >= 11 is 0. The van der Waals surface area contributed by atoms with Gasteiger partial charge in [-0.2, -0.15) is 5.26 Å². The third-order valence-corrected chi connectivity index (χ3v) is 3.03. The van der Waals surface area contributed by atoms with Crippen LogP contribution in [0.2, 0.25) is 0 Å². The number of nitrogens with zero attached hydrogens (tertiary/aromatic N) is 5. The largest absolute Gasteiger partial charge is 0.340 e. The summed E-state index contributed by atoms with van der Waals surface area (Å²) in [5, 5.41) is 9.25. The molecule has 5 heteroatoms. The van der Waals surface area contributed by atoms with Crippen molar-refractivity contribution < 1.29 is 0 Å². The third kappa shape index (κ3) is 2.23. The van der Waals surface area contributed by atoms with E-state index in [4.69, 9.17) is 0 Å². The predicted octanol–water partition coefficient (Wildman–Crippen LogP) is 0.232. The standard InChI is InChI=1S/C11H17N5/c1-14-3-5-16(6-4-14)11(7-12)10-8-15(2)9-13-10/h8-9,11H,3-6H2,1-2H3. The Morgan fingerprint density at radius 1 is 1.31 bits per heavy atom. The first-order valence-corrected chi connectivity index (χ1v) is 5.51. The Labute approximate surface area is 95.9 Å². The van der Waals surface area contributed by atoms with Crippen LogP contribution in [0.25, 0.3) is 0 Å². The average Bonchev–Trinajstić information content (AvgIpc) is 2.69. The number of hydrogen-bond donors (Lipinski definition) is 0. The molecule has 1 unspecified atom stereocenters. The minimum Gasteiger partial charge on any atom is -0.340 e. The molecule has 1 saturated heterocycles. The van der Waals surface area contributed by atoms with E-state index in [1.165, 1.54) is 0 Å². The van der Waals surface area contributed by atoms with Crippen LogP contribution in [-0.4, -0.2) is 52.6 Å². The molecule has 0 aliphatic carbocycles. The number of nitriles is 1. The van der Waals surface area contributed by atoms with Crippen LogP contribution in [-0.2, 0) is 7.05 Å². The third-order valence-electron chi connectivity index (χ3n) is 3.03. The minimum absolute atomic E-state index is 0.199. The van der Waals surface area contributed by atoms with E-state index in [0.717, 1.165) is 31.9 Å². The van der Waals surface area contributed by atoms with E-state index in [2.05, 4.69) is 27.9 Å². The van der Waals surface area contributed by atoms with Gasteiger partial charge in [0, 0.05) is 39.4 Å². The van der Waals surface area contributed by atoms with E-state index < -0.39 is 0 Å². The molecule has 0 aromatic carbocycles. The van der Waals surface area contributed by atoms with E-state index >= 15 is 0 Å². The molecular weight excluding hydrogens is 202 g/mol. The lowest BCUT2D eigenvalue weighted by molar-refractivity contribution is 0.131. The van der Waals surface area contributed by atoms with Gasteiger partial charge in [-0.15, -0.1) is 0 Å². The van der Waals surface area contributed by atoms with Gasteiger partial charge in [-0.1, -0.05) is 0 Å². The first-order chi connectivity index (χ1) is 7.70. The number of piperazine rings is 1. The zero-order chi connectivity index (χ0) is 11.5. The Balaban J connectivity index is 2.09. The Morgan fingerprint density at radius 2 is 2.00 bits per heavy atom. The van der Waals surface area contributed by atoms with Gasteiger partial charge >= 0.3 is 0 Å². The van der Waals surface area contributed by atoms with Crippen LogP contribution >= 0.6 is 0 Å². The second-order valence-corrected chi connectivity index (χ2v) is 4.33. The molecule has 2 heterocycles. The van der Waals surface area contributed by atoms with Gasteiger partial charge < -0.3 is 9.47 Å². The second kappa shape index (κ2) is 4.64. The van der Waals surface area contributed by atoms with Gasteiger partial charge in [0.15, 0.2) is 0 Å². The van der Waals surface area contributed by atoms with Gasteiger partial charge in [-0.3, -0.25) is 4.90 Å². The molecule has 1 aromatic heterocycles. The summed E-state index contributed by atoms with van der Waals surface area (Å²) in [4.78, 5) is 8.74. The molecule has 16 heavy (non-hydrogen) atoms. The van der Waals surface area contributed by atoms with E-state index in [1.807, 2.05) is 17.8 Å². The number of rotatable bonds is 2.